The van der Waals surface area contributed by atoms with E-state index in [1.807, 2.05) is 24.9 Å². The Morgan fingerprint density at radius 2 is 2.38 bits per heavy atom. The number of hydrogen-bond acceptors (Lipinski definition) is 3. The third-order valence-corrected chi connectivity index (χ3v) is 2.43. The van der Waals surface area contributed by atoms with Gasteiger partial charge in [0.05, 0.1) is 6.20 Å². The lowest BCUT2D eigenvalue weighted by molar-refractivity contribution is -0.131. The summed E-state index contributed by atoms with van der Waals surface area (Å²) in [7, 11) is 1.90. The Kier molecular flexibility index (Phi) is 4.25. The van der Waals surface area contributed by atoms with Gasteiger partial charge in [-0.3, -0.25) is 4.68 Å². The predicted octanol–water partition coefficient (Wildman–Crippen LogP) is 0.849. The van der Waals surface area contributed by atoms with Gasteiger partial charge in [0.1, 0.15) is 0 Å². The van der Waals surface area contributed by atoms with Crippen LogP contribution < -0.4 is 5.32 Å². The fourth-order valence-electron chi connectivity index (χ4n) is 1.37. The molecule has 16 heavy (non-hydrogen) atoms. The van der Waals surface area contributed by atoms with E-state index in [1.165, 1.54) is 6.08 Å². The van der Waals surface area contributed by atoms with Crippen LogP contribution in [0.1, 0.15) is 18.2 Å². The van der Waals surface area contributed by atoms with Gasteiger partial charge in [-0.15, -0.1) is 0 Å². The molecule has 2 N–H and O–H groups in total. The number of aliphatic carboxylic acids is 1. The lowest BCUT2D eigenvalue weighted by atomic mass is 10.2. The summed E-state index contributed by atoms with van der Waals surface area (Å²) in [5.41, 5.74) is 3.05. The maximum absolute atomic E-state index is 10.4. The molecule has 1 aromatic heterocycles. The van der Waals surface area contributed by atoms with Crippen LogP contribution in [-0.2, 0) is 18.4 Å². The van der Waals surface area contributed by atoms with Crippen LogP contribution in [0.2, 0.25) is 0 Å². The van der Waals surface area contributed by atoms with Crippen LogP contribution in [0.3, 0.4) is 0 Å². The Morgan fingerprint density at radius 3 is 2.88 bits per heavy atom. The molecule has 0 aliphatic heterocycles. The highest BCUT2D eigenvalue weighted by atomic mass is 16.4. The average molecular weight is 223 g/mol. The third kappa shape index (κ3) is 3.51. The topological polar surface area (TPSA) is 67.2 Å². The molecule has 0 spiro atoms. The fraction of sp³-hybridized carbons (Fsp3) is 0.455. The first-order chi connectivity index (χ1) is 7.50. The molecule has 5 heteroatoms. The van der Waals surface area contributed by atoms with E-state index >= 15 is 0 Å². The Bertz CT molecular complexity index is 407. The van der Waals surface area contributed by atoms with Crippen LogP contribution in [0.5, 0.6) is 0 Å². The highest BCUT2D eigenvalue weighted by Crippen LogP contribution is 2.04. The minimum absolute atomic E-state index is 0.570. The number of rotatable bonds is 5. The Morgan fingerprint density at radius 1 is 1.69 bits per heavy atom. The molecule has 0 bridgehead atoms. The van der Waals surface area contributed by atoms with Gasteiger partial charge in [0.2, 0.25) is 0 Å². The minimum atomic E-state index is -0.906. The van der Waals surface area contributed by atoms with E-state index in [2.05, 4.69) is 10.4 Å². The molecule has 0 saturated carbocycles. The molecule has 1 aromatic rings. The first kappa shape index (κ1) is 12.4. The van der Waals surface area contributed by atoms with Crippen LogP contribution in [-0.4, -0.2) is 27.4 Å². The van der Waals surface area contributed by atoms with Gasteiger partial charge < -0.3 is 10.4 Å². The number of carbonyl (C=O) groups is 1. The summed E-state index contributed by atoms with van der Waals surface area (Å²) in [4.78, 5) is 10.4. The molecule has 0 amide bonds. The smallest absolute Gasteiger partial charge is 0.328 e. The van der Waals surface area contributed by atoms with Crippen LogP contribution in [0.25, 0.3) is 0 Å². The number of aromatic nitrogens is 2. The van der Waals surface area contributed by atoms with Crippen LogP contribution in [0, 0.1) is 6.92 Å². The second-order valence-corrected chi connectivity index (χ2v) is 3.81. The van der Waals surface area contributed by atoms with Gasteiger partial charge in [0.25, 0.3) is 0 Å². The molecule has 0 saturated heterocycles. The van der Waals surface area contributed by atoms with Crippen molar-refractivity contribution in [2.24, 2.45) is 7.05 Å². The lowest BCUT2D eigenvalue weighted by Gasteiger charge is -2.04. The molecule has 0 fully saturated rings. The van der Waals surface area contributed by atoms with Gasteiger partial charge in [0.15, 0.2) is 0 Å². The molecule has 88 valence electrons. The normalized spacial score (nSPS) is 11.8. The van der Waals surface area contributed by atoms with Gasteiger partial charge in [-0.05, 0) is 13.8 Å². The molecule has 5 nitrogen and oxygen atoms in total. The molecule has 0 unspecified atom stereocenters. The Labute approximate surface area is 94.8 Å². The van der Waals surface area contributed by atoms with Gasteiger partial charge in [-0.2, -0.15) is 5.10 Å². The van der Waals surface area contributed by atoms with Crippen LogP contribution in [0.15, 0.2) is 17.8 Å². The summed E-state index contributed by atoms with van der Waals surface area (Å²) >= 11 is 0. The fourth-order valence-corrected chi connectivity index (χ4v) is 1.37. The summed E-state index contributed by atoms with van der Waals surface area (Å²) in [6.07, 6.45) is 3.03. The maximum atomic E-state index is 10.4. The average Bonchev–Trinajstić information content (AvgIpc) is 2.48. The molecule has 0 radical (unpaired) electrons. The van der Waals surface area contributed by atoms with Crippen molar-refractivity contribution in [1.82, 2.24) is 15.1 Å². The largest absolute Gasteiger partial charge is 0.478 e. The van der Waals surface area contributed by atoms with Crippen molar-refractivity contribution >= 4 is 5.97 Å². The molecule has 0 aliphatic carbocycles. The van der Waals surface area contributed by atoms with Gasteiger partial charge in [-0.1, -0.05) is 5.57 Å². The van der Waals surface area contributed by atoms with Crippen molar-refractivity contribution in [1.29, 1.82) is 0 Å². The molecule has 1 rings (SSSR count). The number of nitrogens with one attached hydrogen (secondary N) is 1. The van der Waals surface area contributed by atoms with Crippen molar-refractivity contribution in [3.05, 3.63) is 29.1 Å². The van der Waals surface area contributed by atoms with Gasteiger partial charge in [-0.25, -0.2) is 4.79 Å². The van der Waals surface area contributed by atoms with E-state index in [-0.39, 0.29) is 0 Å². The quantitative estimate of drug-likeness (QED) is 0.726. The number of nitrogens with zero attached hydrogens (tertiary/aromatic N) is 2. The first-order valence-corrected chi connectivity index (χ1v) is 5.09. The number of carboxylic acid groups (broad SMARTS) is 1. The molecule has 0 aromatic carbocycles. The molecule has 0 atom stereocenters. The highest BCUT2D eigenvalue weighted by molar-refractivity contribution is 5.80. The first-order valence-electron chi connectivity index (χ1n) is 5.09. The van der Waals surface area contributed by atoms with Crippen LogP contribution >= 0.6 is 0 Å². The van der Waals surface area contributed by atoms with Crippen molar-refractivity contribution < 1.29 is 9.90 Å². The maximum Gasteiger partial charge on any atom is 0.328 e. The standard InChI is InChI=1S/C11H17N3O2/c1-8(4-11(15)16)5-12-6-10-7-13-14(3)9(10)2/h4,7,12H,5-6H2,1-3H3,(H,15,16). The van der Waals surface area contributed by atoms with Gasteiger partial charge in [0, 0.05) is 37.5 Å². The summed E-state index contributed by atoms with van der Waals surface area (Å²) in [6.45, 7) is 5.06. The third-order valence-electron chi connectivity index (χ3n) is 2.43. The number of aryl methyl sites for hydroxylation is 1. The van der Waals surface area contributed by atoms with E-state index in [4.69, 9.17) is 5.11 Å². The zero-order valence-electron chi connectivity index (χ0n) is 9.82. The zero-order valence-corrected chi connectivity index (χ0v) is 9.82. The monoisotopic (exact) mass is 223 g/mol. The Hall–Kier alpha value is -1.62. The second-order valence-electron chi connectivity index (χ2n) is 3.81. The van der Waals surface area contributed by atoms with E-state index in [1.54, 1.807) is 6.92 Å². The van der Waals surface area contributed by atoms with Crippen molar-refractivity contribution in [3.8, 4) is 0 Å². The van der Waals surface area contributed by atoms with E-state index in [9.17, 15) is 4.79 Å². The Balaban J connectivity index is 2.42. The van der Waals surface area contributed by atoms with Crippen molar-refractivity contribution in [3.63, 3.8) is 0 Å². The summed E-state index contributed by atoms with van der Waals surface area (Å²) < 4.78 is 1.82. The molecule has 1 heterocycles. The van der Waals surface area contributed by atoms with Gasteiger partial charge >= 0.3 is 5.97 Å². The number of carboxylic acids is 1. The summed E-state index contributed by atoms with van der Waals surface area (Å²) in [5, 5.41) is 15.8. The molecule has 0 aliphatic rings. The molecular formula is C11H17N3O2. The summed E-state index contributed by atoms with van der Waals surface area (Å²) in [6, 6.07) is 0. The van der Waals surface area contributed by atoms with E-state index in [0.29, 0.717) is 13.1 Å². The SMILES string of the molecule is CC(=CC(=O)O)CNCc1cnn(C)c1C. The number of hydrogen-bond donors (Lipinski definition) is 2. The van der Waals surface area contributed by atoms with Crippen molar-refractivity contribution in [2.45, 2.75) is 20.4 Å². The lowest BCUT2D eigenvalue weighted by Crippen LogP contribution is -2.16. The summed E-state index contributed by atoms with van der Waals surface area (Å²) in [5.74, 6) is -0.906. The van der Waals surface area contributed by atoms with E-state index < -0.39 is 5.97 Å². The second kappa shape index (κ2) is 5.46. The zero-order chi connectivity index (χ0) is 12.1. The molecular weight excluding hydrogens is 206 g/mol. The minimum Gasteiger partial charge on any atom is -0.478 e. The van der Waals surface area contributed by atoms with Crippen LogP contribution in [0.4, 0.5) is 0 Å². The van der Waals surface area contributed by atoms with E-state index in [0.717, 1.165) is 16.8 Å². The predicted molar refractivity (Wildman–Crippen MR) is 61.0 cm³/mol. The highest BCUT2D eigenvalue weighted by Gasteiger charge is 2.02. The van der Waals surface area contributed by atoms with Crippen molar-refractivity contribution in [2.75, 3.05) is 6.54 Å².